The Morgan fingerprint density at radius 3 is 3.10 bits per heavy atom. The molecule has 0 aromatic heterocycles. The minimum absolute atomic E-state index is 0.0633. The normalized spacial score (nSPS) is 19.0. The average Bonchev–Trinajstić information content (AvgIpc) is 2.52. The van der Waals surface area contributed by atoms with E-state index in [4.69, 9.17) is 10.00 Å². The van der Waals surface area contributed by atoms with Gasteiger partial charge in [0.1, 0.15) is 11.6 Å². The van der Waals surface area contributed by atoms with Gasteiger partial charge in [-0.05, 0) is 18.7 Å². The van der Waals surface area contributed by atoms with Gasteiger partial charge < -0.3 is 10.1 Å². The second kappa shape index (κ2) is 7.02. The lowest BCUT2D eigenvalue weighted by Crippen LogP contribution is -2.45. The van der Waals surface area contributed by atoms with Gasteiger partial charge in [0.25, 0.3) is 5.69 Å². The molecular formula is C14H18N4O3. The SMILES string of the molecule is CCN1CCOC(CNc2ccc(C#N)c([N+](=O)[O-])c2)C1. The molecule has 1 unspecified atom stereocenters. The fourth-order valence-electron chi connectivity index (χ4n) is 2.31. The molecule has 2 rings (SSSR count). The highest BCUT2D eigenvalue weighted by atomic mass is 16.6. The first-order valence-corrected chi connectivity index (χ1v) is 6.90. The number of rotatable bonds is 5. The van der Waals surface area contributed by atoms with Crippen LogP contribution < -0.4 is 5.32 Å². The zero-order valence-corrected chi connectivity index (χ0v) is 11.9. The summed E-state index contributed by atoms with van der Waals surface area (Å²) in [7, 11) is 0. The maximum absolute atomic E-state index is 10.9. The van der Waals surface area contributed by atoms with Crippen LogP contribution in [-0.4, -0.2) is 48.7 Å². The molecule has 1 aliphatic heterocycles. The van der Waals surface area contributed by atoms with Crippen LogP contribution in [0.4, 0.5) is 11.4 Å². The monoisotopic (exact) mass is 290 g/mol. The van der Waals surface area contributed by atoms with Gasteiger partial charge in [-0.2, -0.15) is 5.26 Å². The summed E-state index contributed by atoms with van der Waals surface area (Å²) in [4.78, 5) is 12.7. The quantitative estimate of drug-likeness (QED) is 0.654. The third-order valence-electron chi connectivity index (χ3n) is 3.52. The van der Waals surface area contributed by atoms with E-state index in [2.05, 4.69) is 17.1 Å². The van der Waals surface area contributed by atoms with Crippen molar-refractivity contribution in [2.75, 3.05) is 38.1 Å². The van der Waals surface area contributed by atoms with Crippen molar-refractivity contribution in [1.82, 2.24) is 4.90 Å². The van der Waals surface area contributed by atoms with E-state index in [0.717, 1.165) is 19.6 Å². The summed E-state index contributed by atoms with van der Waals surface area (Å²) in [5.74, 6) is 0. The van der Waals surface area contributed by atoms with Crippen LogP contribution in [0.2, 0.25) is 0 Å². The van der Waals surface area contributed by atoms with Crippen LogP contribution in [-0.2, 0) is 4.74 Å². The van der Waals surface area contributed by atoms with Gasteiger partial charge in [-0.1, -0.05) is 6.92 Å². The van der Waals surface area contributed by atoms with Crippen LogP contribution in [0.1, 0.15) is 12.5 Å². The highest BCUT2D eigenvalue weighted by Crippen LogP contribution is 2.22. The summed E-state index contributed by atoms with van der Waals surface area (Å²) in [5.41, 5.74) is 0.511. The molecule has 7 heteroatoms. The maximum Gasteiger partial charge on any atom is 0.289 e. The van der Waals surface area contributed by atoms with Gasteiger partial charge in [0.2, 0.25) is 0 Å². The molecule has 0 saturated carbocycles. The number of nitro benzene ring substituents is 1. The third-order valence-corrected chi connectivity index (χ3v) is 3.52. The van der Waals surface area contributed by atoms with Crippen molar-refractivity contribution in [3.05, 3.63) is 33.9 Å². The van der Waals surface area contributed by atoms with Gasteiger partial charge >= 0.3 is 0 Å². The summed E-state index contributed by atoms with van der Waals surface area (Å²) in [6, 6.07) is 6.34. The molecule has 1 fully saturated rings. The number of nitrogens with zero attached hydrogens (tertiary/aromatic N) is 3. The number of anilines is 1. The molecule has 1 aromatic carbocycles. The second-order valence-electron chi connectivity index (χ2n) is 4.87. The maximum atomic E-state index is 10.9. The van der Waals surface area contributed by atoms with Crippen LogP contribution in [0.5, 0.6) is 0 Å². The number of ether oxygens (including phenoxy) is 1. The van der Waals surface area contributed by atoms with Crippen molar-refractivity contribution in [3.63, 3.8) is 0 Å². The molecule has 7 nitrogen and oxygen atoms in total. The number of likely N-dealkylation sites (N-methyl/N-ethyl adjacent to an activating group) is 1. The van der Waals surface area contributed by atoms with Gasteiger partial charge in [0.15, 0.2) is 0 Å². The Hall–Kier alpha value is -2.17. The number of benzene rings is 1. The van der Waals surface area contributed by atoms with Crippen LogP contribution in [0.25, 0.3) is 0 Å². The topological polar surface area (TPSA) is 91.4 Å². The Morgan fingerprint density at radius 1 is 1.62 bits per heavy atom. The smallest absolute Gasteiger partial charge is 0.289 e. The van der Waals surface area contributed by atoms with Gasteiger partial charge in [0.05, 0.1) is 17.6 Å². The molecule has 1 saturated heterocycles. The summed E-state index contributed by atoms with van der Waals surface area (Å²) >= 11 is 0. The van der Waals surface area contributed by atoms with Crippen molar-refractivity contribution in [1.29, 1.82) is 5.26 Å². The third kappa shape index (κ3) is 3.90. The van der Waals surface area contributed by atoms with E-state index < -0.39 is 4.92 Å². The Bertz CT molecular complexity index is 556. The van der Waals surface area contributed by atoms with Crippen molar-refractivity contribution in [3.8, 4) is 6.07 Å². The van der Waals surface area contributed by atoms with Gasteiger partial charge in [-0.15, -0.1) is 0 Å². The lowest BCUT2D eigenvalue weighted by Gasteiger charge is -2.32. The fraction of sp³-hybridized carbons (Fsp3) is 0.500. The Morgan fingerprint density at radius 2 is 2.43 bits per heavy atom. The number of nitriles is 1. The van der Waals surface area contributed by atoms with E-state index in [1.54, 1.807) is 6.07 Å². The van der Waals surface area contributed by atoms with E-state index in [9.17, 15) is 10.1 Å². The molecular weight excluding hydrogens is 272 g/mol. The van der Waals surface area contributed by atoms with E-state index >= 15 is 0 Å². The predicted octanol–water partition coefficient (Wildman–Crippen LogP) is 1.60. The van der Waals surface area contributed by atoms with E-state index in [1.165, 1.54) is 12.1 Å². The zero-order valence-electron chi connectivity index (χ0n) is 11.9. The molecule has 1 atom stereocenters. The molecule has 0 bridgehead atoms. The highest BCUT2D eigenvalue weighted by molar-refractivity contribution is 5.59. The number of morpholine rings is 1. The molecule has 1 aliphatic rings. The Balaban J connectivity index is 1.99. The van der Waals surface area contributed by atoms with E-state index in [0.29, 0.717) is 18.8 Å². The molecule has 1 aromatic rings. The van der Waals surface area contributed by atoms with E-state index in [1.807, 2.05) is 6.07 Å². The number of hydrogen-bond acceptors (Lipinski definition) is 6. The lowest BCUT2D eigenvalue weighted by atomic mass is 10.1. The summed E-state index contributed by atoms with van der Waals surface area (Å²) in [6.07, 6.45) is 0.0633. The Kier molecular flexibility index (Phi) is 5.09. The molecule has 112 valence electrons. The molecule has 0 aliphatic carbocycles. The second-order valence-corrected chi connectivity index (χ2v) is 4.87. The molecule has 1 N–H and O–H groups in total. The van der Waals surface area contributed by atoms with Crippen LogP contribution in [0.3, 0.4) is 0 Å². The number of hydrogen-bond donors (Lipinski definition) is 1. The van der Waals surface area contributed by atoms with Crippen molar-refractivity contribution < 1.29 is 9.66 Å². The largest absolute Gasteiger partial charge is 0.382 e. The minimum atomic E-state index is -0.542. The first-order chi connectivity index (χ1) is 10.1. The van der Waals surface area contributed by atoms with Crippen molar-refractivity contribution in [2.24, 2.45) is 0 Å². The standard InChI is InChI=1S/C14H18N4O3/c1-2-17-5-6-21-13(10-17)9-16-12-4-3-11(8-15)14(7-12)18(19)20/h3-4,7,13,16H,2,5-6,9-10H2,1H3. The molecule has 0 amide bonds. The summed E-state index contributed by atoms with van der Waals surface area (Å²) in [5, 5.41) is 22.9. The van der Waals surface area contributed by atoms with Gasteiger partial charge in [-0.3, -0.25) is 15.0 Å². The first-order valence-electron chi connectivity index (χ1n) is 6.90. The van der Waals surface area contributed by atoms with Crippen molar-refractivity contribution in [2.45, 2.75) is 13.0 Å². The summed E-state index contributed by atoms with van der Waals surface area (Å²) in [6.45, 7) is 6.17. The lowest BCUT2D eigenvalue weighted by molar-refractivity contribution is -0.385. The zero-order chi connectivity index (χ0) is 15.2. The van der Waals surface area contributed by atoms with Crippen LogP contribution in [0.15, 0.2) is 18.2 Å². The minimum Gasteiger partial charge on any atom is -0.382 e. The van der Waals surface area contributed by atoms with Gasteiger partial charge in [0, 0.05) is 31.4 Å². The predicted molar refractivity (Wildman–Crippen MR) is 78.2 cm³/mol. The van der Waals surface area contributed by atoms with E-state index in [-0.39, 0.29) is 17.4 Å². The van der Waals surface area contributed by atoms with Crippen molar-refractivity contribution >= 4 is 11.4 Å². The fourth-order valence-corrected chi connectivity index (χ4v) is 2.31. The Labute approximate surface area is 123 Å². The average molecular weight is 290 g/mol. The van der Waals surface area contributed by atoms with Crippen LogP contribution in [0, 0.1) is 21.4 Å². The molecule has 21 heavy (non-hydrogen) atoms. The molecule has 0 spiro atoms. The highest BCUT2D eigenvalue weighted by Gasteiger charge is 2.19. The molecule has 1 heterocycles. The molecule has 0 radical (unpaired) electrons. The number of nitrogens with one attached hydrogen (secondary N) is 1. The number of nitro groups is 1. The van der Waals surface area contributed by atoms with Gasteiger partial charge in [-0.25, -0.2) is 0 Å². The summed E-state index contributed by atoms with van der Waals surface area (Å²) < 4.78 is 5.66. The first kappa shape index (κ1) is 15.2. The van der Waals surface area contributed by atoms with Crippen LogP contribution >= 0.6 is 0 Å².